The highest BCUT2D eigenvalue weighted by Gasteiger charge is 2.36. The van der Waals surface area contributed by atoms with Gasteiger partial charge >= 0.3 is 5.97 Å². The first-order valence-corrected chi connectivity index (χ1v) is 8.51. The zero-order valence-corrected chi connectivity index (χ0v) is 13.3. The quantitative estimate of drug-likeness (QED) is 0.693. The van der Waals surface area contributed by atoms with E-state index in [2.05, 4.69) is 16.7 Å². The topological polar surface area (TPSA) is 53.0 Å². The Balaban J connectivity index is 1.65. The van der Waals surface area contributed by atoms with E-state index in [0.717, 1.165) is 71.5 Å². The number of ether oxygens (including phenoxy) is 1. The van der Waals surface area contributed by atoms with E-state index in [-0.39, 0.29) is 6.04 Å². The molecule has 122 valence electrons. The van der Waals surface area contributed by atoms with Gasteiger partial charge in [-0.05, 0) is 51.7 Å². The van der Waals surface area contributed by atoms with Crippen molar-refractivity contribution in [3.05, 3.63) is 0 Å². The van der Waals surface area contributed by atoms with Gasteiger partial charge in [-0.3, -0.25) is 9.69 Å². The molecule has 1 N–H and O–H groups in total. The number of carboxylic acid groups (broad SMARTS) is 1. The SMILES string of the molecule is CCCCOCCN1CCC(N2CCCC2C(=O)O)CC1. The molecule has 1 unspecified atom stereocenters. The fourth-order valence-electron chi connectivity index (χ4n) is 3.51. The summed E-state index contributed by atoms with van der Waals surface area (Å²) < 4.78 is 5.62. The molecule has 2 aliphatic heterocycles. The lowest BCUT2D eigenvalue weighted by Crippen LogP contribution is -2.49. The van der Waals surface area contributed by atoms with Crippen molar-refractivity contribution in [2.45, 2.75) is 57.5 Å². The molecule has 0 aliphatic carbocycles. The minimum Gasteiger partial charge on any atom is -0.480 e. The van der Waals surface area contributed by atoms with Crippen molar-refractivity contribution in [2.24, 2.45) is 0 Å². The average molecular weight is 298 g/mol. The Morgan fingerprint density at radius 2 is 1.95 bits per heavy atom. The summed E-state index contributed by atoms with van der Waals surface area (Å²) in [4.78, 5) is 16.0. The third kappa shape index (κ3) is 4.94. The highest BCUT2D eigenvalue weighted by molar-refractivity contribution is 5.73. The second kappa shape index (κ2) is 8.71. The third-order valence-corrected chi connectivity index (χ3v) is 4.80. The molecule has 0 aromatic heterocycles. The Kier molecular flexibility index (Phi) is 6.93. The third-order valence-electron chi connectivity index (χ3n) is 4.80. The van der Waals surface area contributed by atoms with Crippen LogP contribution in [0.1, 0.15) is 45.4 Å². The first-order chi connectivity index (χ1) is 10.2. The molecule has 2 aliphatic rings. The van der Waals surface area contributed by atoms with E-state index in [4.69, 9.17) is 4.74 Å². The molecule has 2 rings (SSSR count). The average Bonchev–Trinajstić information content (AvgIpc) is 2.97. The molecule has 0 spiro atoms. The molecule has 0 saturated carbocycles. The fourth-order valence-corrected chi connectivity index (χ4v) is 3.51. The van der Waals surface area contributed by atoms with Gasteiger partial charge in [-0.25, -0.2) is 0 Å². The number of likely N-dealkylation sites (tertiary alicyclic amines) is 2. The number of hydrogen-bond acceptors (Lipinski definition) is 4. The summed E-state index contributed by atoms with van der Waals surface area (Å²) in [6.45, 7) is 8.00. The molecule has 2 heterocycles. The summed E-state index contributed by atoms with van der Waals surface area (Å²) in [7, 11) is 0. The Bertz CT molecular complexity index is 317. The second-order valence-electron chi connectivity index (χ2n) is 6.27. The molecule has 2 saturated heterocycles. The van der Waals surface area contributed by atoms with Crippen LogP contribution in [-0.4, -0.2) is 72.4 Å². The Morgan fingerprint density at radius 1 is 1.19 bits per heavy atom. The van der Waals surface area contributed by atoms with Gasteiger partial charge in [0, 0.05) is 19.2 Å². The Labute approximate surface area is 128 Å². The van der Waals surface area contributed by atoms with Crippen molar-refractivity contribution in [1.82, 2.24) is 9.80 Å². The number of piperidine rings is 1. The summed E-state index contributed by atoms with van der Waals surface area (Å²) in [5.74, 6) is -0.640. The van der Waals surface area contributed by atoms with Crippen LogP contribution in [0.25, 0.3) is 0 Å². The van der Waals surface area contributed by atoms with Crippen LogP contribution in [0.15, 0.2) is 0 Å². The van der Waals surface area contributed by atoms with Crippen LogP contribution in [0, 0.1) is 0 Å². The summed E-state index contributed by atoms with van der Waals surface area (Å²) in [6.07, 6.45) is 6.38. The van der Waals surface area contributed by atoms with Gasteiger partial charge in [-0.15, -0.1) is 0 Å². The lowest BCUT2D eigenvalue weighted by atomic mass is 10.0. The molecular weight excluding hydrogens is 268 g/mol. The van der Waals surface area contributed by atoms with Crippen LogP contribution >= 0.6 is 0 Å². The van der Waals surface area contributed by atoms with Gasteiger partial charge in [-0.2, -0.15) is 0 Å². The van der Waals surface area contributed by atoms with Crippen molar-refractivity contribution >= 4 is 5.97 Å². The summed E-state index contributed by atoms with van der Waals surface area (Å²) >= 11 is 0. The number of hydrogen-bond donors (Lipinski definition) is 1. The monoisotopic (exact) mass is 298 g/mol. The zero-order valence-electron chi connectivity index (χ0n) is 13.3. The van der Waals surface area contributed by atoms with E-state index in [1.54, 1.807) is 0 Å². The van der Waals surface area contributed by atoms with E-state index >= 15 is 0 Å². The minimum atomic E-state index is -0.640. The number of unbranched alkanes of at least 4 members (excludes halogenated alkanes) is 1. The number of carboxylic acids is 1. The van der Waals surface area contributed by atoms with Crippen LogP contribution in [-0.2, 0) is 9.53 Å². The van der Waals surface area contributed by atoms with Gasteiger partial charge in [0.15, 0.2) is 0 Å². The predicted octanol–water partition coefficient (Wildman–Crippen LogP) is 1.82. The van der Waals surface area contributed by atoms with Gasteiger partial charge < -0.3 is 14.7 Å². The summed E-state index contributed by atoms with van der Waals surface area (Å²) in [5.41, 5.74) is 0. The molecule has 1 atom stereocenters. The van der Waals surface area contributed by atoms with E-state index in [9.17, 15) is 9.90 Å². The van der Waals surface area contributed by atoms with Gasteiger partial charge in [0.2, 0.25) is 0 Å². The van der Waals surface area contributed by atoms with Crippen LogP contribution in [0.3, 0.4) is 0 Å². The Hall–Kier alpha value is -0.650. The predicted molar refractivity (Wildman–Crippen MR) is 82.6 cm³/mol. The van der Waals surface area contributed by atoms with Crippen molar-refractivity contribution in [1.29, 1.82) is 0 Å². The van der Waals surface area contributed by atoms with E-state index in [1.165, 1.54) is 6.42 Å². The van der Waals surface area contributed by atoms with E-state index in [1.807, 2.05) is 0 Å². The molecule has 21 heavy (non-hydrogen) atoms. The first-order valence-electron chi connectivity index (χ1n) is 8.51. The minimum absolute atomic E-state index is 0.237. The maximum Gasteiger partial charge on any atom is 0.320 e. The van der Waals surface area contributed by atoms with Gasteiger partial charge in [0.1, 0.15) is 6.04 Å². The Morgan fingerprint density at radius 3 is 2.62 bits per heavy atom. The van der Waals surface area contributed by atoms with Gasteiger partial charge in [0.25, 0.3) is 0 Å². The van der Waals surface area contributed by atoms with Crippen LogP contribution in [0.2, 0.25) is 0 Å². The number of aliphatic carboxylic acids is 1. The van der Waals surface area contributed by atoms with Crippen LogP contribution in [0.5, 0.6) is 0 Å². The molecule has 0 radical (unpaired) electrons. The lowest BCUT2D eigenvalue weighted by Gasteiger charge is -2.38. The van der Waals surface area contributed by atoms with Crippen molar-refractivity contribution in [2.75, 3.05) is 39.4 Å². The molecule has 0 aromatic rings. The molecule has 0 bridgehead atoms. The summed E-state index contributed by atoms with van der Waals surface area (Å²) in [5, 5.41) is 9.28. The first kappa shape index (κ1) is 16.7. The van der Waals surface area contributed by atoms with Gasteiger partial charge in [0.05, 0.1) is 6.61 Å². The summed E-state index contributed by atoms with van der Waals surface area (Å²) in [6, 6.07) is 0.227. The number of rotatable bonds is 8. The number of nitrogens with zero attached hydrogens (tertiary/aromatic N) is 2. The highest BCUT2D eigenvalue weighted by Crippen LogP contribution is 2.26. The molecule has 0 aromatic carbocycles. The molecule has 0 amide bonds. The van der Waals surface area contributed by atoms with E-state index in [0.29, 0.717) is 6.04 Å². The highest BCUT2D eigenvalue weighted by atomic mass is 16.5. The standard InChI is InChI=1S/C16H30N2O3/c1-2-3-12-21-13-11-17-9-6-14(7-10-17)18-8-4-5-15(18)16(19)20/h14-15H,2-13H2,1H3,(H,19,20). The smallest absolute Gasteiger partial charge is 0.320 e. The maximum absolute atomic E-state index is 11.3. The molecule has 5 heteroatoms. The number of carbonyl (C=O) groups is 1. The lowest BCUT2D eigenvalue weighted by molar-refractivity contribution is -0.143. The molecular formula is C16H30N2O3. The van der Waals surface area contributed by atoms with Crippen LogP contribution in [0.4, 0.5) is 0 Å². The zero-order chi connectivity index (χ0) is 15.1. The molecule has 2 fully saturated rings. The van der Waals surface area contributed by atoms with Crippen LogP contribution < -0.4 is 0 Å². The van der Waals surface area contributed by atoms with Crippen molar-refractivity contribution < 1.29 is 14.6 Å². The normalized spacial score (nSPS) is 25.5. The van der Waals surface area contributed by atoms with Crippen molar-refractivity contribution in [3.8, 4) is 0 Å². The maximum atomic E-state index is 11.3. The second-order valence-corrected chi connectivity index (χ2v) is 6.27. The fraction of sp³-hybridized carbons (Fsp3) is 0.938. The van der Waals surface area contributed by atoms with E-state index < -0.39 is 5.97 Å². The van der Waals surface area contributed by atoms with Crippen molar-refractivity contribution in [3.63, 3.8) is 0 Å². The molecule has 5 nitrogen and oxygen atoms in total. The largest absolute Gasteiger partial charge is 0.480 e. The van der Waals surface area contributed by atoms with Gasteiger partial charge in [-0.1, -0.05) is 13.3 Å².